The fourth-order valence-corrected chi connectivity index (χ4v) is 0.856. The maximum Gasteiger partial charge on any atom is 3.00 e. The van der Waals surface area contributed by atoms with Gasteiger partial charge in [-0.3, -0.25) is 0 Å². The molecule has 0 amide bonds. The molecule has 0 saturated heterocycles. The minimum Gasteiger partial charge on any atom is -0.418 e. The van der Waals surface area contributed by atoms with Crippen molar-refractivity contribution >= 4 is 21.8 Å². The first-order valence-electron chi connectivity index (χ1n) is 5.92. The van der Waals surface area contributed by atoms with Crippen LogP contribution in [-0.2, 0) is 19.5 Å². The van der Waals surface area contributed by atoms with Crippen molar-refractivity contribution in [3.05, 3.63) is 24.3 Å². The molecular formula is C8H12B3F12Rh. The smallest absolute Gasteiger partial charge is 0.418 e. The zero-order valence-electron chi connectivity index (χ0n) is 11.7. The molecule has 1 aliphatic rings. The van der Waals surface area contributed by atoms with E-state index in [1.165, 1.54) is 25.7 Å². The molecule has 0 bridgehead atoms. The van der Waals surface area contributed by atoms with Crippen LogP contribution in [0.4, 0.5) is 51.8 Å². The van der Waals surface area contributed by atoms with Gasteiger partial charge in [0.1, 0.15) is 0 Å². The third-order valence-corrected chi connectivity index (χ3v) is 1.33. The molecule has 0 radical (unpaired) electrons. The van der Waals surface area contributed by atoms with Crippen molar-refractivity contribution in [1.82, 2.24) is 0 Å². The molecule has 16 heteroatoms. The van der Waals surface area contributed by atoms with E-state index in [-0.39, 0.29) is 19.5 Å². The first-order chi connectivity index (χ1) is 10.0. The summed E-state index contributed by atoms with van der Waals surface area (Å²) in [4.78, 5) is 0. The molecule has 0 atom stereocenters. The van der Waals surface area contributed by atoms with E-state index >= 15 is 0 Å². The van der Waals surface area contributed by atoms with Gasteiger partial charge in [0, 0.05) is 0 Å². The Bertz CT molecular complexity index is 249. The molecule has 24 heavy (non-hydrogen) atoms. The second-order valence-electron chi connectivity index (χ2n) is 3.58. The van der Waals surface area contributed by atoms with Crippen molar-refractivity contribution < 1.29 is 71.3 Å². The van der Waals surface area contributed by atoms with Crippen molar-refractivity contribution in [2.75, 3.05) is 0 Å². The molecular weight excluding hydrogens is 459 g/mol. The quantitative estimate of drug-likeness (QED) is 0.213. The van der Waals surface area contributed by atoms with Gasteiger partial charge in [-0.15, -0.1) is 0 Å². The second-order valence-corrected chi connectivity index (χ2v) is 3.58. The van der Waals surface area contributed by atoms with Crippen LogP contribution in [0.15, 0.2) is 24.3 Å². The Balaban J connectivity index is -0.000000113. The van der Waals surface area contributed by atoms with Gasteiger partial charge in [0.2, 0.25) is 0 Å². The molecule has 0 N–H and O–H groups in total. The summed E-state index contributed by atoms with van der Waals surface area (Å²) in [5, 5.41) is 0. The summed E-state index contributed by atoms with van der Waals surface area (Å²) in [6.07, 6.45) is 14.0. The molecule has 0 aromatic carbocycles. The fourth-order valence-electron chi connectivity index (χ4n) is 0.856. The average molecular weight is 472 g/mol. The summed E-state index contributed by atoms with van der Waals surface area (Å²) in [5.41, 5.74) is 0. The van der Waals surface area contributed by atoms with Crippen LogP contribution in [0.1, 0.15) is 25.7 Å². The third-order valence-electron chi connectivity index (χ3n) is 1.33. The van der Waals surface area contributed by atoms with Gasteiger partial charge < -0.3 is 51.8 Å². The molecule has 0 fully saturated rings. The van der Waals surface area contributed by atoms with Crippen LogP contribution in [0.2, 0.25) is 0 Å². The fraction of sp³-hybridized carbons (Fsp3) is 0.500. The van der Waals surface area contributed by atoms with Gasteiger partial charge in [0.15, 0.2) is 0 Å². The van der Waals surface area contributed by atoms with Crippen molar-refractivity contribution in [2.24, 2.45) is 0 Å². The normalized spacial score (nSPS) is 15.5. The molecule has 0 unspecified atom stereocenters. The molecule has 0 heterocycles. The van der Waals surface area contributed by atoms with Crippen molar-refractivity contribution in [3.63, 3.8) is 0 Å². The summed E-state index contributed by atoms with van der Waals surface area (Å²) in [7, 11) is -18.0. The predicted octanol–water partition coefficient (Wildman–Crippen LogP) is 6.57. The summed E-state index contributed by atoms with van der Waals surface area (Å²) in [6, 6.07) is 0. The Hall–Kier alpha value is -0.542. The maximum atomic E-state index is 9.75. The van der Waals surface area contributed by atoms with E-state index in [4.69, 9.17) is 0 Å². The molecule has 0 spiro atoms. The first kappa shape index (κ1) is 31.2. The van der Waals surface area contributed by atoms with Crippen molar-refractivity contribution in [1.29, 1.82) is 0 Å². The molecule has 0 aliphatic heterocycles. The predicted molar refractivity (Wildman–Crippen MR) is 67.3 cm³/mol. The van der Waals surface area contributed by atoms with E-state index in [0.717, 1.165) is 0 Å². The standard InChI is InChI=1S/C8H12.3BF4.Rh/c1-2-4-6-8-7-5-3-1;3*2-1(3,4)5;/h1-2,7-8H,3-6H2;;;;/q;3*-1;+3/b2-1-,8-7?;;;;. The number of hydrogen-bond donors (Lipinski definition) is 0. The van der Waals surface area contributed by atoms with E-state index in [9.17, 15) is 51.8 Å². The minimum atomic E-state index is -6.00. The van der Waals surface area contributed by atoms with Crippen LogP contribution in [0.3, 0.4) is 0 Å². The monoisotopic (exact) mass is 472 g/mol. The van der Waals surface area contributed by atoms with Crippen molar-refractivity contribution in [2.45, 2.75) is 25.7 Å². The van der Waals surface area contributed by atoms with Gasteiger partial charge in [-0.05, 0) is 25.7 Å². The molecule has 1 rings (SSSR count). The molecule has 146 valence electrons. The van der Waals surface area contributed by atoms with E-state index in [1.54, 1.807) is 0 Å². The molecule has 0 saturated carbocycles. The molecule has 0 nitrogen and oxygen atoms in total. The van der Waals surface area contributed by atoms with Crippen molar-refractivity contribution in [3.8, 4) is 0 Å². The Labute approximate surface area is 143 Å². The first-order valence-corrected chi connectivity index (χ1v) is 5.92. The van der Waals surface area contributed by atoms with Gasteiger partial charge >= 0.3 is 41.2 Å². The summed E-state index contributed by atoms with van der Waals surface area (Å²) in [6.45, 7) is 0. The van der Waals surface area contributed by atoms with Crippen LogP contribution < -0.4 is 0 Å². The Morgan fingerprint density at radius 2 is 0.458 bits per heavy atom. The second kappa shape index (κ2) is 16.0. The Morgan fingerprint density at radius 3 is 0.542 bits per heavy atom. The van der Waals surface area contributed by atoms with Gasteiger partial charge in [-0.2, -0.15) is 0 Å². The van der Waals surface area contributed by atoms with Gasteiger partial charge in [-0.25, -0.2) is 0 Å². The van der Waals surface area contributed by atoms with Gasteiger partial charge in [0.05, 0.1) is 0 Å². The zero-order chi connectivity index (χ0) is 19.2. The minimum absolute atomic E-state index is 0. The van der Waals surface area contributed by atoms with E-state index < -0.39 is 21.8 Å². The number of rotatable bonds is 0. The number of halogens is 12. The van der Waals surface area contributed by atoms with Gasteiger partial charge in [-0.1, -0.05) is 24.3 Å². The van der Waals surface area contributed by atoms with Crippen LogP contribution >= 0.6 is 0 Å². The zero-order valence-corrected chi connectivity index (χ0v) is 13.4. The van der Waals surface area contributed by atoms with Gasteiger partial charge in [0.25, 0.3) is 0 Å². The van der Waals surface area contributed by atoms with Crippen LogP contribution in [0, 0.1) is 0 Å². The van der Waals surface area contributed by atoms with E-state index in [2.05, 4.69) is 24.3 Å². The third kappa shape index (κ3) is 161. The molecule has 1 aliphatic carbocycles. The van der Waals surface area contributed by atoms with Crippen LogP contribution in [0.5, 0.6) is 0 Å². The number of hydrogen-bond acceptors (Lipinski definition) is 0. The Kier molecular flexibility index (Phi) is 20.8. The maximum absolute atomic E-state index is 9.75. The summed E-state index contributed by atoms with van der Waals surface area (Å²) < 4.78 is 117. The molecule has 0 aromatic heterocycles. The SMILES string of the molecule is C1=CCC/C=C\CC1.F[B-](F)(F)F.F[B-](F)(F)F.F[B-](F)(F)F.[Rh+3]. The topological polar surface area (TPSA) is 0 Å². The average Bonchev–Trinajstić information content (AvgIpc) is 2.05. The largest absolute Gasteiger partial charge is 3.00 e. The number of allylic oxidation sites excluding steroid dienone is 4. The summed E-state index contributed by atoms with van der Waals surface area (Å²) in [5.74, 6) is 0. The van der Waals surface area contributed by atoms with E-state index in [0.29, 0.717) is 0 Å². The van der Waals surface area contributed by atoms with Crippen LogP contribution in [-0.4, -0.2) is 21.8 Å². The van der Waals surface area contributed by atoms with Crippen LogP contribution in [0.25, 0.3) is 0 Å². The Morgan fingerprint density at radius 1 is 0.375 bits per heavy atom. The molecule has 0 aromatic rings. The van der Waals surface area contributed by atoms with E-state index in [1.807, 2.05) is 0 Å². The summed E-state index contributed by atoms with van der Waals surface area (Å²) >= 11 is 0.